The molecule has 2 aromatic rings. The molecule has 2 rings (SSSR count). The number of likely N-dealkylation sites (N-methyl/N-ethyl adjacent to an activating group) is 1. The third kappa shape index (κ3) is 6.43. The van der Waals surface area contributed by atoms with Crippen molar-refractivity contribution in [3.63, 3.8) is 0 Å². The van der Waals surface area contributed by atoms with E-state index in [2.05, 4.69) is 30.4 Å². The molecule has 0 saturated carbocycles. The molecular weight excluding hydrogens is 356 g/mol. The van der Waals surface area contributed by atoms with Crippen molar-refractivity contribution in [3.8, 4) is 0 Å². The molecule has 0 aromatic heterocycles. The average Bonchev–Trinajstić information content (AvgIpc) is 2.66. The Hall–Kier alpha value is -2.27. The van der Waals surface area contributed by atoms with Crippen molar-refractivity contribution in [1.29, 1.82) is 0 Å². The van der Waals surface area contributed by atoms with Crippen LogP contribution in [-0.4, -0.2) is 35.6 Å². The molecule has 0 spiro atoms. The molecule has 144 valence electrons. The van der Waals surface area contributed by atoms with Gasteiger partial charge in [-0.05, 0) is 31.9 Å². The minimum absolute atomic E-state index is 0.0238. The minimum atomic E-state index is -0.511. The molecule has 0 unspecified atom stereocenters. The zero-order valence-electron chi connectivity index (χ0n) is 16.5. The highest BCUT2D eigenvalue weighted by Gasteiger charge is 2.25. The molecule has 0 fully saturated rings. The normalized spacial score (nSPS) is 11.7. The van der Waals surface area contributed by atoms with Crippen LogP contribution >= 0.6 is 11.8 Å². The van der Waals surface area contributed by atoms with Crippen LogP contribution < -0.4 is 5.32 Å². The maximum Gasteiger partial charge on any atom is 0.242 e. The van der Waals surface area contributed by atoms with Crippen LogP contribution in [0.2, 0.25) is 0 Å². The van der Waals surface area contributed by atoms with Gasteiger partial charge < -0.3 is 10.2 Å². The zero-order valence-corrected chi connectivity index (χ0v) is 17.3. The second-order valence-electron chi connectivity index (χ2n) is 6.78. The number of carbonyl (C=O) groups is 2. The highest BCUT2D eigenvalue weighted by atomic mass is 32.2. The van der Waals surface area contributed by atoms with Gasteiger partial charge in [-0.15, -0.1) is 11.8 Å². The Kier molecular flexibility index (Phi) is 7.92. The fourth-order valence-electron chi connectivity index (χ4n) is 2.82. The summed E-state index contributed by atoms with van der Waals surface area (Å²) in [4.78, 5) is 26.6. The topological polar surface area (TPSA) is 49.4 Å². The van der Waals surface area contributed by atoms with Crippen LogP contribution in [0.1, 0.15) is 29.2 Å². The molecule has 0 radical (unpaired) electrons. The van der Waals surface area contributed by atoms with Gasteiger partial charge in [0.05, 0.1) is 5.75 Å². The summed E-state index contributed by atoms with van der Waals surface area (Å²) in [5, 5.41) is 2.64. The van der Waals surface area contributed by atoms with Gasteiger partial charge in [-0.25, -0.2) is 0 Å². The fraction of sp³-hybridized carbons (Fsp3) is 0.364. The first-order valence-corrected chi connectivity index (χ1v) is 10.3. The zero-order chi connectivity index (χ0) is 19.8. The first-order valence-electron chi connectivity index (χ1n) is 9.10. The summed E-state index contributed by atoms with van der Waals surface area (Å²) in [6.45, 7) is 6.30. The van der Waals surface area contributed by atoms with Crippen molar-refractivity contribution in [3.05, 3.63) is 70.8 Å². The summed E-state index contributed by atoms with van der Waals surface area (Å²) in [7, 11) is 1.60. The Morgan fingerprint density at radius 1 is 1.04 bits per heavy atom. The van der Waals surface area contributed by atoms with E-state index in [0.29, 0.717) is 12.3 Å². The summed E-state index contributed by atoms with van der Waals surface area (Å²) in [5.74, 6) is 0.949. The number of aryl methyl sites for hydroxylation is 2. The molecule has 2 aromatic carbocycles. The molecular formula is C22H28N2O2S. The smallest absolute Gasteiger partial charge is 0.242 e. The monoisotopic (exact) mass is 384 g/mol. The number of thioether (sulfide) groups is 1. The van der Waals surface area contributed by atoms with E-state index in [0.717, 1.165) is 11.3 Å². The van der Waals surface area contributed by atoms with Gasteiger partial charge in [0.25, 0.3) is 0 Å². The van der Waals surface area contributed by atoms with Gasteiger partial charge in [-0.2, -0.15) is 0 Å². The molecule has 4 nitrogen and oxygen atoms in total. The van der Waals surface area contributed by atoms with Crippen molar-refractivity contribution in [2.45, 2.75) is 39.1 Å². The summed E-state index contributed by atoms with van der Waals surface area (Å²) >= 11 is 1.58. The maximum absolute atomic E-state index is 12.9. The van der Waals surface area contributed by atoms with E-state index in [1.54, 1.807) is 30.6 Å². The number of benzene rings is 2. The Bertz CT molecular complexity index is 774. The molecule has 0 aliphatic carbocycles. The molecule has 0 saturated heterocycles. The third-order valence-electron chi connectivity index (χ3n) is 4.46. The predicted octanol–water partition coefficient (Wildman–Crippen LogP) is 3.70. The lowest BCUT2D eigenvalue weighted by atomic mass is 10.1. The van der Waals surface area contributed by atoms with Gasteiger partial charge in [0.15, 0.2) is 0 Å². The second kappa shape index (κ2) is 10.2. The number of nitrogens with one attached hydrogen (secondary N) is 1. The van der Waals surface area contributed by atoms with E-state index >= 15 is 0 Å². The molecule has 27 heavy (non-hydrogen) atoms. The van der Waals surface area contributed by atoms with Gasteiger partial charge in [0.2, 0.25) is 11.8 Å². The third-order valence-corrected chi connectivity index (χ3v) is 5.45. The van der Waals surface area contributed by atoms with Crippen LogP contribution in [0.3, 0.4) is 0 Å². The standard InChI is InChI=1S/C22H28N2O2S/c1-16-8-10-19(11-9-16)13-24(18(3)22(26)23-4)21(25)15-27-14-20-7-5-6-17(2)12-20/h5-12,18H,13-15H2,1-4H3,(H,23,26)/t18-/m0/s1. The van der Waals surface area contributed by atoms with Crippen molar-refractivity contribution in [2.75, 3.05) is 12.8 Å². The highest BCUT2D eigenvalue weighted by molar-refractivity contribution is 7.99. The van der Waals surface area contributed by atoms with E-state index in [4.69, 9.17) is 0 Å². The number of hydrogen-bond donors (Lipinski definition) is 1. The first-order chi connectivity index (χ1) is 12.9. The molecule has 1 N–H and O–H groups in total. The van der Waals surface area contributed by atoms with E-state index < -0.39 is 6.04 Å². The van der Waals surface area contributed by atoms with Gasteiger partial charge in [0, 0.05) is 19.3 Å². The van der Waals surface area contributed by atoms with Gasteiger partial charge in [-0.1, -0.05) is 59.7 Å². The van der Waals surface area contributed by atoms with Crippen molar-refractivity contribution in [1.82, 2.24) is 10.2 Å². The van der Waals surface area contributed by atoms with Crippen LogP contribution in [-0.2, 0) is 21.9 Å². The SMILES string of the molecule is CNC(=O)[C@H](C)N(Cc1ccc(C)cc1)C(=O)CSCc1cccc(C)c1. The molecule has 1 atom stereocenters. The number of amides is 2. The Balaban J connectivity index is 2.03. The molecule has 0 heterocycles. The average molecular weight is 385 g/mol. The van der Waals surface area contributed by atoms with Gasteiger partial charge >= 0.3 is 0 Å². The molecule has 5 heteroatoms. The van der Waals surface area contributed by atoms with Crippen LogP contribution in [0.4, 0.5) is 0 Å². The lowest BCUT2D eigenvalue weighted by molar-refractivity contribution is -0.138. The number of hydrogen-bond acceptors (Lipinski definition) is 3. The van der Waals surface area contributed by atoms with Crippen molar-refractivity contribution >= 4 is 23.6 Å². The van der Waals surface area contributed by atoms with E-state index in [1.165, 1.54) is 16.7 Å². The van der Waals surface area contributed by atoms with Crippen molar-refractivity contribution in [2.24, 2.45) is 0 Å². The lowest BCUT2D eigenvalue weighted by Crippen LogP contribution is -2.47. The Morgan fingerprint density at radius 3 is 2.37 bits per heavy atom. The number of nitrogens with zero attached hydrogens (tertiary/aromatic N) is 1. The number of rotatable bonds is 8. The van der Waals surface area contributed by atoms with Crippen LogP contribution in [0.25, 0.3) is 0 Å². The van der Waals surface area contributed by atoms with Gasteiger partial charge in [-0.3, -0.25) is 9.59 Å². The maximum atomic E-state index is 12.9. The quantitative estimate of drug-likeness (QED) is 0.755. The molecule has 0 bridgehead atoms. The Labute approximate surface area is 166 Å². The first kappa shape index (κ1) is 21.0. The van der Waals surface area contributed by atoms with Crippen molar-refractivity contribution < 1.29 is 9.59 Å². The predicted molar refractivity (Wildman–Crippen MR) is 113 cm³/mol. The van der Waals surface area contributed by atoms with E-state index in [1.807, 2.05) is 37.3 Å². The lowest BCUT2D eigenvalue weighted by Gasteiger charge is -2.28. The van der Waals surface area contributed by atoms with Crippen LogP contribution in [0.5, 0.6) is 0 Å². The largest absolute Gasteiger partial charge is 0.357 e. The van der Waals surface area contributed by atoms with Crippen LogP contribution in [0, 0.1) is 13.8 Å². The Morgan fingerprint density at radius 2 is 1.74 bits per heavy atom. The van der Waals surface area contributed by atoms with Gasteiger partial charge in [0.1, 0.15) is 6.04 Å². The summed E-state index contributed by atoms with van der Waals surface area (Å²) in [6.07, 6.45) is 0. The van der Waals surface area contributed by atoms with Crippen LogP contribution in [0.15, 0.2) is 48.5 Å². The summed E-state index contributed by atoms with van der Waals surface area (Å²) in [6, 6.07) is 15.8. The second-order valence-corrected chi connectivity index (χ2v) is 7.76. The highest BCUT2D eigenvalue weighted by Crippen LogP contribution is 2.17. The number of carbonyl (C=O) groups excluding carboxylic acids is 2. The molecule has 0 aliphatic rings. The molecule has 0 aliphatic heterocycles. The van der Waals surface area contributed by atoms with E-state index in [9.17, 15) is 9.59 Å². The van der Waals surface area contributed by atoms with E-state index in [-0.39, 0.29) is 11.8 Å². The summed E-state index contributed by atoms with van der Waals surface area (Å²) in [5.41, 5.74) is 4.61. The molecule has 2 amide bonds. The minimum Gasteiger partial charge on any atom is -0.357 e. The summed E-state index contributed by atoms with van der Waals surface area (Å²) < 4.78 is 0. The fourth-order valence-corrected chi connectivity index (χ4v) is 3.68.